The number of likely N-dealkylation sites (N-methyl/N-ethyl adjacent to an activating group) is 1. The van der Waals surface area contributed by atoms with Crippen molar-refractivity contribution in [1.82, 2.24) is 20.4 Å². The molecule has 1 aromatic heterocycles. The number of aryl methyl sites for hydroxylation is 1. The quantitative estimate of drug-likeness (QED) is 0.845. The number of nitrogens with zero attached hydrogens (tertiary/aromatic N) is 2. The smallest absolute Gasteiger partial charge is 0.241 e. The van der Waals surface area contributed by atoms with E-state index in [1.165, 1.54) is 0 Å². The number of carbonyl (C=O) groups is 1. The molecule has 0 aliphatic carbocycles. The molecule has 1 aromatic carbocycles. The molecule has 0 saturated heterocycles. The molecule has 1 atom stereocenters. The van der Waals surface area contributed by atoms with E-state index in [0.29, 0.717) is 13.0 Å². The van der Waals surface area contributed by atoms with Crippen molar-refractivity contribution >= 4 is 29.9 Å². The fourth-order valence-corrected chi connectivity index (χ4v) is 2.39. The van der Waals surface area contributed by atoms with Crippen LogP contribution in [0.4, 0.5) is 0 Å². The first kappa shape index (κ1) is 18.5. The molecule has 1 unspecified atom stereocenters. The molecule has 0 fully saturated rings. The lowest BCUT2D eigenvalue weighted by atomic mass is 10.1. The SMILES string of the molecule is CNC(C(=O)NCCc1ccccc1Cl)c1cnn(C)c1.Cl. The van der Waals surface area contributed by atoms with Crippen LogP contribution in [0.1, 0.15) is 17.2 Å². The number of hydrogen-bond acceptors (Lipinski definition) is 3. The van der Waals surface area contributed by atoms with Gasteiger partial charge in [0.05, 0.1) is 6.20 Å². The maximum Gasteiger partial charge on any atom is 0.241 e. The number of carbonyl (C=O) groups excluding carboxylic acids is 1. The van der Waals surface area contributed by atoms with Gasteiger partial charge in [0.15, 0.2) is 0 Å². The maximum absolute atomic E-state index is 12.2. The summed E-state index contributed by atoms with van der Waals surface area (Å²) in [7, 11) is 3.58. The largest absolute Gasteiger partial charge is 0.354 e. The lowest BCUT2D eigenvalue weighted by Gasteiger charge is -2.14. The average molecular weight is 343 g/mol. The summed E-state index contributed by atoms with van der Waals surface area (Å²) in [6, 6.07) is 7.25. The van der Waals surface area contributed by atoms with E-state index in [2.05, 4.69) is 15.7 Å². The van der Waals surface area contributed by atoms with Crippen LogP contribution in [0.2, 0.25) is 5.02 Å². The summed E-state index contributed by atoms with van der Waals surface area (Å²) in [4.78, 5) is 12.2. The van der Waals surface area contributed by atoms with Gasteiger partial charge in [-0.1, -0.05) is 29.8 Å². The molecule has 0 radical (unpaired) electrons. The molecule has 0 bridgehead atoms. The molecule has 22 heavy (non-hydrogen) atoms. The van der Waals surface area contributed by atoms with Crippen molar-refractivity contribution in [2.75, 3.05) is 13.6 Å². The van der Waals surface area contributed by atoms with E-state index in [0.717, 1.165) is 16.1 Å². The predicted molar refractivity (Wildman–Crippen MR) is 90.4 cm³/mol. The summed E-state index contributed by atoms with van der Waals surface area (Å²) < 4.78 is 1.68. The molecule has 0 aliphatic heterocycles. The van der Waals surface area contributed by atoms with E-state index >= 15 is 0 Å². The van der Waals surface area contributed by atoms with Crippen LogP contribution >= 0.6 is 24.0 Å². The van der Waals surface area contributed by atoms with Gasteiger partial charge in [-0.15, -0.1) is 12.4 Å². The minimum absolute atomic E-state index is 0. The van der Waals surface area contributed by atoms with E-state index in [1.807, 2.05) is 37.5 Å². The number of nitrogens with one attached hydrogen (secondary N) is 2. The highest BCUT2D eigenvalue weighted by Gasteiger charge is 2.19. The van der Waals surface area contributed by atoms with Gasteiger partial charge in [0.2, 0.25) is 5.91 Å². The number of halogens is 2. The van der Waals surface area contributed by atoms with Gasteiger partial charge in [0, 0.05) is 30.4 Å². The van der Waals surface area contributed by atoms with Crippen LogP contribution in [0, 0.1) is 0 Å². The number of rotatable bonds is 6. The molecule has 120 valence electrons. The zero-order valence-corrected chi connectivity index (χ0v) is 14.1. The second-order valence-electron chi connectivity index (χ2n) is 4.80. The van der Waals surface area contributed by atoms with Crippen LogP contribution in [0.15, 0.2) is 36.7 Å². The molecule has 1 amide bonds. The fourth-order valence-electron chi connectivity index (χ4n) is 2.16. The second kappa shape index (κ2) is 8.78. The molecule has 1 heterocycles. The zero-order valence-electron chi connectivity index (χ0n) is 12.5. The Morgan fingerprint density at radius 2 is 2.14 bits per heavy atom. The summed E-state index contributed by atoms with van der Waals surface area (Å²) in [5.74, 6) is -0.0717. The molecule has 0 aliphatic rings. The van der Waals surface area contributed by atoms with Crippen molar-refractivity contribution in [3.05, 3.63) is 52.8 Å². The molecule has 2 N–H and O–H groups in total. The fraction of sp³-hybridized carbons (Fsp3) is 0.333. The van der Waals surface area contributed by atoms with Crippen molar-refractivity contribution in [1.29, 1.82) is 0 Å². The Balaban J connectivity index is 0.00000242. The summed E-state index contributed by atoms with van der Waals surface area (Å²) in [5.41, 5.74) is 1.87. The van der Waals surface area contributed by atoms with Gasteiger partial charge in [0.25, 0.3) is 0 Å². The maximum atomic E-state index is 12.2. The van der Waals surface area contributed by atoms with Gasteiger partial charge in [-0.25, -0.2) is 0 Å². The number of benzene rings is 1. The highest BCUT2D eigenvalue weighted by atomic mass is 35.5. The molecule has 2 aromatic rings. The van der Waals surface area contributed by atoms with Crippen LogP contribution in [0.3, 0.4) is 0 Å². The Bertz CT molecular complexity index is 615. The minimum atomic E-state index is -0.398. The van der Waals surface area contributed by atoms with E-state index in [1.54, 1.807) is 17.9 Å². The number of hydrogen-bond donors (Lipinski definition) is 2. The standard InChI is InChI=1S/C15H19ClN4O.ClH/c1-17-14(12-9-19-20(2)10-12)15(21)18-8-7-11-5-3-4-6-13(11)16;/h3-6,9-10,14,17H,7-8H2,1-2H3,(H,18,21);1H. The Labute approximate surface area is 141 Å². The van der Waals surface area contributed by atoms with Gasteiger partial charge in [0.1, 0.15) is 6.04 Å². The van der Waals surface area contributed by atoms with E-state index in [9.17, 15) is 4.79 Å². The highest BCUT2D eigenvalue weighted by molar-refractivity contribution is 6.31. The Morgan fingerprint density at radius 3 is 2.73 bits per heavy atom. The van der Waals surface area contributed by atoms with Crippen molar-refractivity contribution in [2.24, 2.45) is 7.05 Å². The summed E-state index contributed by atoms with van der Waals surface area (Å²) in [6.07, 6.45) is 4.22. The molecule has 0 saturated carbocycles. The first-order valence-corrected chi connectivity index (χ1v) is 7.16. The number of aromatic nitrogens is 2. The first-order valence-electron chi connectivity index (χ1n) is 6.78. The van der Waals surface area contributed by atoms with E-state index < -0.39 is 6.04 Å². The Kier molecular flexibility index (Phi) is 7.38. The minimum Gasteiger partial charge on any atom is -0.354 e. The molecule has 7 heteroatoms. The third kappa shape index (κ3) is 4.73. The zero-order chi connectivity index (χ0) is 15.2. The summed E-state index contributed by atoms with van der Waals surface area (Å²) in [6.45, 7) is 0.543. The first-order chi connectivity index (χ1) is 10.1. The average Bonchev–Trinajstić information content (AvgIpc) is 2.88. The van der Waals surface area contributed by atoms with Crippen LogP contribution < -0.4 is 10.6 Å². The summed E-state index contributed by atoms with van der Waals surface area (Å²) in [5, 5.41) is 10.7. The molecule has 5 nitrogen and oxygen atoms in total. The highest BCUT2D eigenvalue weighted by Crippen LogP contribution is 2.15. The Hall–Kier alpha value is -1.56. The van der Waals surface area contributed by atoms with Crippen LogP contribution in [0.5, 0.6) is 0 Å². The molecule has 0 spiro atoms. The van der Waals surface area contributed by atoms with Gasteiger partial charge < -0.3 is 10.6 Å². The molecular weight excluding hydrogens is 323 g/mol. The van der Waals surface area contributed by atoms with Gasteiger partial charge in [-0.05, 0) is 25.1 Å². The van der Waals surface area contributed by atoms with Crippen molar-refractivity contribution in [3.8, 4) is 0 Å². The second-order valence-corrected chi connectivity index (χ2v) is 5.21. The topological polar surface area (TPSA) is 59.0 Å². The normalized spacial score (nSPS) is 11.6. The lowest BCUT2D eigenvalue weighted by Crippen LogP contribution is -2.36. The lowest BCUT2D eigenvalue weighted by molar-refractivity contribution is -0.123. The van der Waals surface area contributed by atoms with Crippen LogP contribution in [-0.2, 0) is 18.3 Å². The van der Waals surface area contributed by atoms with Crippen molar-refractivity contribution in [3.63, 3.8) is 0 Å². The van der Waals surface area contributed by atoms with Crippen molar-refractivity contribution in [2.45, 2.75) is 12.5 Å². The van der Waals surface area contributed by atoms with Crippen molar-refractivity contribution < 1.29 is 4.79 Å². The molecule has 2 rings (SSSR count). The Morgan fingerprint density at radius 1 is 1.41 bits per heavy atom. The van der Waals surface area contributed by atoms with Crippen LogP contribution in [0.25, 0.3) is 0 Å². The van der Waals surface area contributed by atoms with E-state index in [4.69, 9.17) is 11.6 Å². The van der Waals surface area contributed by atoms with Gasteiger partial charge in [-0.3, -0.25) is 9.48 Å². The van der Waals surface area contributed by atoms with Gasteiger partial charge >= 0.3 is 0 Å². The summed E-state index contributed by atoms with van der Waals surface area (Å²) >= 11 is 6.09. The molecular formula is C15H20Cl2N4O. The van der Waals surface area contributed by atoms with Gasteiger partial charge in [-0.2, -0.15) is 5.10 Å². The van der Waals surface area contributed by atoms with Crippen LogP contribution in [-0.4, -0.2) is 29.3 Å². The third-order valence-electron chi connectivity index (χ3n) is 3.26. The third-order valence-corrected chi connectivity index (χ3v) is 3.63. The predicted octanol–water partition coefficient (Wildman–Crippen LogP) is 2.11. The number of amides is 1. The van der Waals surface area contributed by atoms with E-state index in [-0.39, 0.29) is 18.3 Å². The monoisotopic (exact) mass is 342 g/mol.